The standard InChI is InChI=1S/C12H13BrN2O3/c13-9-4-3-7(14)6-8(9)11(16)15-5-1-2-10(15)12(17)18/h3-4,6,10H,1-2,5,14H2,(H,17,18)/t10-/m1/s1. The van der Waals surface area contributed by atoms with Gasteiger partial charge in [-0.15, -0.1) is 0 Å². The molecular weight excluding hydrogens is 300 g/mol. The summed E-state index contributed by atoms with van der Waals surface area (Å²) in [6.45, 7) is 0.469. The van der Waals surface area contributed by atoms with Gasteiger partial charge in [-0.1, -0.05) is 0 Å². The third-order valence-electron chi connectivity index (χ3n) is 3.02. The van der Waals surface area contributed by atoms with Crippen LogP contribution in [0, 0.1) is 0 Å². The Bertz CT molecular complexity index is 504. The van der Waals surface area contributed by atoms with E-state index in [0.29, 0.717) is 35.1 Å². The number of nitrogens with two attached hydrogens (primary N) is 1. The van der Waals surface area contributed by atoms with Crippen molar-refractivity contribution in [3.63, 3.8) is 0 Å². The van der Waals surface area contributed by atoms with E-state index in [1.54, 1.807) is 18.2 Å². The van der Waals surface area contributed by atoms with Crippen molar-refractivity contribution in [1.29, 1.82) is 0 Å². The van der Waals surface area contributed by atoms with Crippen molar-refractivity contribution in [2.24, 2.45) is 0 Å². The lowest BCUT2D eigenvalue weighted by Crippen LogP contribution is -2.40. The fraction of sp³-hybridized carbons (Fsp3) is 0.333. The quantitative estimate of drug-likeness (QED) is 0.814. The van der Waals surface area contributed by atoms with Gasteiger partial charge in [-0.3, -0.25) is 4.79 Å². The van der Waals surface area contributed by atoms with E-state index in [4.69, 9.17) is 10.8 Å². The molecule has 3 N–H and O–H groups in total. The van der Waals surface area contributed by atoms with Crippen molar-refractivity contribution in [1.82, 2.24) is 4.90 Å². The Morgan fingerprint density at radius 2 is 2.17 bits per heavy atom. The minimum Gasteiger partial charge on any atom is -0.480 e. The lowest BCUT2D eigenvalue weighted by Gasteiger charge is -2.22. The number of nitrogens with zero attached hydrogens (tertiary/aromatic N) is 1. The Balaban J connectivity index is 2.31. The molecule has 0 saturated carbocycles. The summed E-state index contributed by atoms with van der Waals surface area (Å²) >= 11 is 3.28. The summed E-state index contributed by atoms with van der Waals surface area (Å²) in [4.78, 5) is 24.8. The molecule has 1 atom stereocenters. The first-order valence-electron chi connectivity index (χ1n) is 5.59. The van der Waals surface area contributed by atoms with E-state index in [2.05, 4.69) is 15.9 Å². The number of hydrogen-bond donors (Lipinski definition) is 2. The van der Waals surface area contributed by atoms with Crippen LogP contribution >= 0.6 is 15.9 Å². The van der Waals surface area contributed by atoms with Crippen LogP contribution in [0.2, 0.25) is 0 Å². The Morgan fingerprint density at radius 1 is 1.44 bits per heavy atom. The average molecular weight is 313 g/mol. The van der Waals surface area contributed by atoms with Gasteiger partial charge in [-0.2, -0.15) is 0 Å². The van der Waals surface area contributed by atoms with Gasteiger partial charge >= 0.3 is 5.97 Å². The molecule has 0 aliphatic carbocycles. The molecule has 2 rings (SSSR count). The second-order valence-corrected chi connectivity index (χ2v) is 5.09. The zero-order valence-corrected chi connectivity index (χ0v) is 11.2. The molecule has 0 aromatic heterocycles. The number of aliphatic carboxylic acids is 1. The second-order valence-electron chi connectivity index (χ2n) is 4.23. The van der Waals surface area contributed by atoms with Gasteiger partial charge in [0.15, 0.2) is 0 Å². The maximum absolute atomic E-state index is 12.3. The minimum atomic E-state index is -0.958. The highest BCUT2D eigenvalue weighted by Crippen LogP contribution is 2.25. The van der Waals surface area contributed by atoms with Gasteiger partial charge in [0.25, 0.3) is 5.91 Å². The van der Waals surface area contributed by atoms with Crippen LogP contribution < -0.4 is 5.73 Å². The second kappa shape index (κ2) is 4.97. The molecule has 0 spiro atoms. The lowest BCUT2D eigenvalue weighted by atomic mass is 10.1. The fourth-order valence-electron chi connectivity index (χ4n) is 2.13. The molecule has 1 aliphatic heterocycles. The van der Waals surface area contributed by atoms with Crippen LogP contribution in [0.5, 0.6) is 0 Å². The number of carbonyl (C=O) groups is 2. The largest absolute Gasteiger partial charge is 0.480 e. The highest BCUT2D eigenvalue weighted by Gasteiger charge is 2.34. The fourth-order valence-corrected chi connectivity index (χ4v) is 2.54. The summed E-state index contributed by atoms with van der Waals surface area (Å²) in [5.74, 6) is -1.25. The van der Waals surface area contributed by atoms with Crippen LogP contribution in [0.4, 0.5) is 5.69 Å². The van der Waals surface area contributed by atoms with E-state index >= 15 is 0 Å². The maximum Gasteiger partial charge on any atom is 0.326 e. The van der Waals surface area contributed by atoms with Crippen molar-refractivity contribution >= 4 is 33.5 Å². The van der Waals surface area contributed by atoms with Gasteiger partial charge in [0.05, 0.1) is 5.56 Å². The van der Waals surface area contributed by atoms with Crippen molar-refractivity contribution in [3.05, 3.63) is 28.2 Å². The molecule has 96 valence electrons. The highest BCUT2D eigenvalue weighted by molar-refractivity contribution is 9.10. The number of anilines is 1. The average Bonchev–Trinajstić information content (AvgIpc) is 2.80. The molecule has 1 saturated heterocycles. The maximum atomic E-state index is 12.3. The molecule has 6 heteroatoms. The predicted molar refractivity (Wildman–Crippen MR) is 70.2 cm³/mol. The number of halogens is 1. The zero-order chi connectivity index (χ0) is 13.3. The first kappa shape index (κ1) is 12.9. The van der Waals surface area contributed by atoms with Crippen LogP contribution in [0.1, 0.15) is 23.2 Å². The van der Waals surface area contributed by atoms with E-state index in [0.717, 1.165) is 0 Å². The van der Waals surface area contributed by atoms with Crippen molar-refractivity contribution in [3.8, 4) is 0 Å². The SMILES string of the molecule is Nc1ccc(Br)c(C(=O)N2CCC[C@@H]2C(=O)O)c1. The van der Waals surface area contributed by atoms with Crippen LogP contribution in [0.3, 0.4) is 0 Å². The molecule has 1 aliphatic rings. The number of benzene rings is 1. The Morgan fingerprint density at radius 3 is 2.83 bits per heavy atom. The van der Waals surface area contributed by atoms with Crippen molar-refractivity contribution in [2.75, 3.05) is 12.3 Å². The van der Waals surface area contributed by atoms with E-state index < -0.39 is 12.0 Å². The third-order valence-corrected chi connectivity index (χ3v) is 3.71. The van der Waals surface area contributed by atoms with Gasteiger partial charge in [-0.05, 0) is 47.0 Å². The molecule has 1 aromatic rings. The van der Waals surface area contributed by atoms with Crippen molar-refractivity contribution in [2.45, 2.75) is 18.9 Å². The topological polar surface area (TPSA) is 83.6 Å². The summed E-state index contributed by atoms with van der Waals surface area (Å²) in [7, 11) is 0. The molecule has 1 fully saturated rings. The molecule has 1 heterocycles. The van der Waals surface area contributed by atoms with Crippen LogP contribution in [-0.4, -0.2) is 34.5 Å². The van der Waals surface area contributed by atoms with E-state index in [1.807, 2.05) is 0 Å². The number of carboxylic acid groups (broad SMARTS) is 1. The summed E-state index contributed by atoms with van der Waals surface area (Å²) < 4.78 is 0.623. The summed E-state index contributed by atoms with van der Waals surface area (Å²) in [6.07, 6.45) is 1.21. The number of amides is 1. The Kier molecular flexibility index (Phi) is 3.56. The van der Waals surface area contributed by atoms with Crippen LogP contribution in [0.25, 0.3) is 0 Å². The van der Waals surface area contributed by atoms with Gasteiger partial charge < -0.3 is 15.7 Å². The highest BCUT2D eigenvalue weighted by atomic mass is 79.9. The lowest BCUT2D eigenvalue weighted by molar-refractivity contribution is -0.141. The smallest absolute Gasteiger partial charge is 0.326 e. The third kappa shape index (κ3) is 2.33. The van der Waals surface area contributed by atoms with E-state index in [-0.39, 0.29) is 5.91 Å². The van der Waals surface area contributed by atoms with Crippen molar-refractivity contribution < 1.29 is 14.7 Å². The van der Waals surface area contributed by atoms with Gasteiger partial charge in [0.1, 0.15) is 6.04 Å². The van der Waals surface area contributed by atoms with Gasteiger partial charge in [0, 0.05) is 16.7 Å². The monoisotopic (exact) mass is 312 g/mol. The number of rotatable bonds is 2. The molecule has 5 nitrogen and oxygen atoms in total. The van der Waals surface area contributed by atoms with Crippen LogP contribution in [0.15, 0.2) is 22.7 Å². The number of carboxylic acids is 1. The molecule has 0 unspecified atom stereocenters. The summed E-state index contributed by atoms with van der Waals surface area (Å²) in [6, 6.07) is 4.20. The number of hydrogen-bond acceptors (Lipinski definition) is 3. The summed E-state index contributed by atoms with van der Waals surface area (Å²) in [5, 5.41) is 9.07. The molecule has 18 heavy (non-hydrogen) atoms. The molecular formula is C12H13BrN2O3. The number of nitrogen functional groups attached to an aromatic ring is 1. The normalized spacial score (nSPS) is 18.9. The van der Waals surface area contributed by atoms with Gasteiger partial charge in [0.2, 0.25) is 0 Å². The first-order chi connectivity index (χ1) is 8.50. The molecule has 1 aromatic carbocycles. The van der Waals surface area contributed by atoms with E-state index in [1.165, 1.54) is 4.90 Å². The molecule has 0 bridgehead atoms. The van der Waals surface area contributed by atoms with E-state index in [9.17, 15) is 9.59 Å². The number of likely N-dealkylation sites (tertiary alicyclic amines) is 1. The van der Waals surface area contributed by atoms with Crippen LogP contribution in [-0.2, 0) is 4.79 Å². The summed E-state index contributed by atoms with van der Waals surface area (Å²) in [5.41, 5.74) is 6.54. The molecule has 0 radical (unpaired) electrons. The predicted octanol–water partition coefficient (Wildman–Crippen LogP) is 1.72. The zero-order valence-electron chi connectivity index (χ0n) is 9.60. The molecule has 1 amide bonds. The Hall–Kier alpha value is -1.56. The Labute approximate surface area is 113 Å². The minimum absolute atomic E-state index is 0.293. The number of carbonyl (C=O) groups excluding carboxylic acids is 1. The first-order valence-corrected chi connectivity index (χ1v) is 6.39. The van der Waals surface area contributed by atoms with Gasteiger partial charge in [-0.25, -0.2) is 4.79 Å².